The van der Waals surface area contributed by atoms with Gasteiger partial charge in [-0.05, 0) is 35.4 Å². The van der Waals surface area contributed by atoms with Crippen LogP contribution < -0.4 is 10.1 Å². The lowest BCUT2D eigenvalue weighted by Gasteiger charge is -2.13. The molecule has 21 heavy (non-hydrogen) atoms. The van der Waals surface area contributed by atoms with Gasteiger partial charge in [0.15, 0.2) is 0 Å². The van der Waals surface area contributed by atoms with E-state index in [2.05, 4.69) is 15.0 Å². The first-order chi connectivity index (χ1) is 10.1. The van der Waals surface area contributed by atoms with E-state index in [1.54, 1.807) is 24.5 Å². The molecular formula is C15H16F2N2O2. The molecule has 1 atom stereocenters. The summed E-state index contributed by atoms with van der Waals surface area (Å²) >= 11 is 0. The van der Waals surface area contributed by atoms with Crippen LogP contribution in [-0.2, 0) is 6.54 Å². The van der Waals surface area contributed by atoms with E-state index in [-0.39, 0.29) is 5.75 Å². The highest BCUT2D eigenvalue weighted by Gasteiger charge is 2.10. The van der Waals surface area contributed by atoms with Crippen molar-refractivity contribution in [1.29, 1.82) is 0 Å². The molecule has 1 aromatic heterocycles. The van der Waals surface area contributed by atoms with Crippen LogP contribution >= 0.6 is 0 Å². The predicted octanol–water partition coefficient (Wildman–Crippen LogP) is 2.51. The van der Waals surface area contributed by atoms with Gasteiger partial charge in [0.1, 0.15) is 5.75 Å². The Bertz CT molecular complexity index is 552. The molecular weight excluding hydrogens is 278 g/mol. The van der Waals surface area contributed by atoms with E-state index in [0.717, 1.165) is 5.56 Å². The zero-order valence-corrected chi connectivity index (χ0v) is 11.2. The van der Waals surface area contributed by atoms with Crippen LogP contribution in [0.4, 0.5) is 8.78 Å². The maximum absolute atomic E-state index is 12.1. The Kier molecular flexibility index (Phi) is 5.59. The largest absolute Gasteiger partial charge is 0.435 e. The smallest absolute Gasteiger partial charge is 0.387 e. The van der Waals surface area contributed by atoms with Crippen LogP contribution in [0.2, 0.25) is 0 Å². The molecule has 1 aromatic carbocycles. The van der Waals surface area contributed by atoms with Gasteiger partial charge in [-0.1, -0.05) is 12.1 Å². The average Bonchev–Trinajstić information content (AvgIpc) is 2.48. The van der Waals surface area contributed by atoms with Gasteiger partial charge in [0, 0.05) is 25.5 Å². The first-order valence-corrected chi connectivity index (χ1v) is 6.47. The molecule has 0 spiro atoms. The normalized spacial score (nSPS) is 12.4. The number of hydrogen-bond acceptors (Lipinski definition) is 4. The molecule has 0 radical (unpaired) electrons. The monoisotopic (exact) mass is 294 g/mol. The van der Waals surface area contributed by atoms with Gasteiger partial charge in [-0.15, -0.1) is 0 Å². The van der Waals surface area contributed by atoms with Gasteiger partial charge >= 0.3 is 6.61 Å². The molecule has 0 amide bonds. The molecule has 0 saturated heterocycles. The Labute approximate surface area is 121 Å². The standard InChI is InChI=1S/C15H16F2N2O2/c16-15(17)21-13-3-1-2-12(8-13)14(20)10-19-9-11-4-6-18-7-5-11/h1-8,14-15,19-20H,9-10H2. The Balaban J connectivity index is 1.86. The number of nitrogens with zero attached hydrogens (tertiary/aromatic N) is 1. The van der Waals surface area contributed by atoms with Crippen molar-refractivity contribution in [2.24, 2.45) is 0 Å². The number of aliphatic hydroxyl groups is 1. The fourth-order valence-electron chi connectivity index (χ4n) is 1.87. The predicted molar refractivity (Wildman–Crippen MR) is 74.0 cm³/mol. The molecule has 0 aliphatic heterocycles. The zero-order valence-electron chi connectivity index (χ0n) is 11.2. The van der Waals surface area contributed by atoms with E-state index in [4.69, 9.17) is 0 Å². The second-order valence-corrected chi connectivity index (χ2v) is 4.45. The Morgan fingerprint density at radius 2 is 1.95 bits per heavy atom. The molecule has 2 N–H and O–H groups in total. The van der Waals surface area contributed by atoms with Crippen molar-refractivity contribution in [1.82, 2.24) is 10.3 Å². The van der Waals surface area contributed by atoms with Crippen LogP contribution in [0.5, 0.6) is 5.75 Å². The topological polar surface area (TPSA) is 54.4 Å². The van der Waals surface area contributed by atoms with E-state index < -0.39 is 12.7 Å². The number of benzene rings is 1. The molecule has 2 aromatic rings. The lowest BCUT2D eigenvalue weighted by Crippen LogP contribution is -2.21. The summed E-state index contributed by atoms with van der Waals surface area (Å²) in [5.41, 5.74) is 1.57. The van der Waals surface area contributed by atoms with Gasteiger partial charge in [0.05, 0.1) is 6.10 Å². The zero-order chi connectivity index (χ0) is 15.1. The summed E-state index contributed by atoms with van der Waals surface area (Å²) in [5, 5.41) is 13.1. The van der Waals surface area contributed by atoms with Crippen LogP contribution in [0.25, 0.3) is 0 Å². The van der Waals surface area contributed by atoms with Crippen LogP contribution in [0, 0.1) is 0 Å². The first-order valence-electron chi connectivity index (χ1n) is 6.47. The van der Waals surface area contributed by atoms with Gasteiger partial charge in [-0.25, -0.2) is 0 Å². The second kappa shape index (κ2) is 7.66. The van der Waals surface area contributed by atoms with E-state index in [0.29, 0.717) is 18.7 Å². The fraction of sp³-hybridized carbons (Fsp3) is 0.267. The number of pyridine rings is 1. The van der Waals surface area contributed by atoms with Gasteiger partial charge in [0.2, 0.25) is 0 Å². The number of rotatable bonds is 7. The quantitative estimate of drug-likeness (QED) is 0.824. The van der Waals surface area contributed by atoms with Gasteiger partial charge in [0.25, 0.3) is 0 Å². The van der Waals surface area contributed by atoms with Crippen LogP contribution in [0.3, 0.4) is 0 Å². The number of aliphatic hydroxyl groups excluding tert-OH is 1. The number of alkyl halides is 2. The molecule has 2 rings (SSSR count). The van der Waals surface area contributed by atoms with Crippen LogP contribution in [-0.4, -0.2) is 23.2 Å². The SMILES string of the molecule is OC(CNCc1ccncc1)c1cccc(OC(F)F)c1. The van der Waals surface area contributed by atoms with Gasteiger partial charge in [-0.3, -0.25) is 4.98 Å². The molecule has 112 valence electrons. The summed E-state index contributed by atoms with van der Waals surface area (Å²) in [6.45, 7) is -1.98. The minimum Gasteiger partial charge on any atom is -0.435 e. The molecule has 4 nitrogen and oxygen atoms in total. The molecule has 0 bridgehead atoms. The van der Waals surface area contributed by atoms with Crippen molar-refractivity contribution in [3.63, 3.8) is 0 Å². The van der Waals surface area contributed by atoms with Crippen LogP contribution in [0.15, 0.2) is 48.8 Å². The van der Waals surface area contributed by atoms with Gasteiger partial charge < -0.3 is 15.2 Å². The van der Waals surface area contributed by atoms with Crippen molar-refractivity contribution in [3.8, 4) is 5.75 Å². The van der Waals surface area contributed by atoms with Crippen molar-refractivity contribution >= 4 is 0 Å². The maximum atomic E-state index is 12.1. The Morgan fingerprint density at radius 3 is 2.67 bits per heavy atom. The maximum Gasteiger partial charge on any atom is 0.387 e. The third-order valence-corrected chi connectivity index (χ3v) is 2.88. The molecule has 0 aliphatic carbocycles. The highest BCUT2D eigenvalue weighted by molar-refractivity contribution is 5.30. The van der Waals surface area contributed by atoms with Crippen LogP contribution in [0.1, 0.15) is 17.2 Å². The first kappa shape index (κ1) is 15.3. The molecule has 0 saturated carbocycles. The number of aromatic nitrogens is 1. The summed E-state index contributed by atoms with van der Waals surface area (Å²) in [6, 6.07) is 9.81. The van der Waals surface area contributed by atoms with Crippen molar-refractivity contribution in [2.75, 3.05) is 6.54 Å². The summed E-state index contributed by atoms with van der Waals surface area (Å²) in [5.74, 6) is 0.0377. The lowest BCUT2D eigenvalue weighted by atomic mass is 10.1. The molecule has 1 unspecified atom stereocenters. The van der Waals surface area contributed by atoms with E-state index in [9.17, 15) is 13.9 Å². The number of halogens is 2. The highest BCUT2D eigenvalue weighted by atomic mass is 19.3. The number of ether oxygens (including phenoxy) is 1. The van der Waals surface area contributed by atoms with E-state index in [1.165, 1.54) is 12.1 Å². The van der Waals surface area contributed by atoms with Crippen molar-refractivity contribution < 1.29 is 18.6 Å². The molecule has 0 aliphatic rings. The molecule has 6 heteroatoms. The summed E-state index contributed by atoms with van der Waals surface area (Å²) < 4.78 is 28.6. The average molecular weight is 294 g/mol. The Morgan fingerprint density at radius 1 is 1.19 bits per heavy atom. The molecule has 1 heterocycles. The highest BCUT2D eigenvalue weighted by Crippen LogP contribution is 2.20. The lowest BCUT2D eigenvalue weighted by molar-refractivity contribution is -0.0499. The number of hydrogen-bond donors (Lipinski definition) is 2. The van der Waals surface area contributed by atoms with Crippen molar-refractivity contribution in [2.45, 2.75) is 19.3 Å². The fourth-order valence-corrected chi connectivity index (χ4v) is 1.87. The van der Waals surface area contributed by atoms with E-state index >= 15 is 0 Å². The minimum absolute atomic E-state index is 0.0377. The third-order valence-electron chi connectivity index (χ3n) is 2.88. The van der Waals surface area contributed by atoms with E-state index in [1.807, 2.05) is 12.1 Å². The van der Waals surface area contributed by atoms with Gasteiger partial charge in [-0.2, -0.15) is 8.78 Å². The van der Waals surface area contributed by atoms with Crippen molar-refractivity contribution in [3.05, 3.63) is 59.9 Å². The number of nitrogens with one attached hydrogen (secondary N) is 1. The summed E-state index contributed by atoms with van der Waals surface area (Å²) in [6.07, 6.45) is 2.59. The second-order valence-electron chi connectivity index (χ2n) is 4.45. The third kappa shape index (κ3) is 5.09. The minimum atomic E-state index is -2.87. The Hall–Kier alpha value is -2.05. The summed E-state index contributed by atoms with van der Waals surface area (Å²) in [7, 11) is 0. The molecule has 0 fully saturated rings. The summed E-state index contributed by atoms with van der Waals surface area (Å²) in [4.78, 5) is 3.92.